The molecule has 1 aliphatic heterocycles. The minimum absolute atomic E-state index is 0.0475. The number of aromatic amines is 1. The monoisotopic (exact) mass is 343 g/mol. The second-order valence-corrected chi connectivity index (χ2v) is 7.05. The van der Waals surface area contributed by atoms with Gasteiger partial charge in [0.25, 0.3) is 5.91 Å². The van der Waals surface area contributed by atoms with Crippen LogP contribution >= 0.6 is 23.4 Å². The number of imidazole rings is 1. The van der Waals surface area contributed by atoms with E-state index in [4.69, 9.17) is 11.6 Å². The number of nitrogens with one attached hydrogen (secondary N) is 2. The first-order valence-corrected chi connectivity index (χ1v) is 8.51. The van der Waals surface area contributed by atoms with Gasteiger partial charge in [-0.25, -0.2) is 4.98 Å². The van der Waals surface area contributed by atoms with E-state index in [-0.39, 0.29) is 17.9 Å². The summed E-state index contributed by atoms with van der Waals surface area (Å²) >= 11 is 7.37. The summed E-state index contributed by atoms with van der Waals surface area (Å²) in [5.74, 6) is 0.159. The number of hydrogen-bond acceptors (Lipinski definition) is 3. The normalized spacial score (nSPS) is 23.3. The van der Waals surface area contributed by atoms with E-state index in [1.807, 2.05) is 37.3 Å². The molecule has 2 heterocycles. The Labute approximate surface area is 142 Å². The van der Waals surface area contributed by atoms with Crippen molar-refractivity contribution in [3.63, 3.8) is 0 Å². The summed E-state index contributed by atoms with van der Waals surface area (Å²) in [4.78, 5) is 20.9. The zero-order valence-electron chi connectivity index (χ0n) is 12.3. The van der Waals surface area contributed by atoms with Crippen molar-refractivity contribution >= 4 is 40.3 Å². The van der Waals surface area contributed by atoms with Crippen LogP contribution in [0.5, 0.6) is 0 Å². The first kappa shape index (κ1) is 14.6. The minimum Gasteiger partial charge on any atom is -0.344 e. The summed E-state index contributed by atoms with van der Waals surface area (Å²) in [5, 5.41) is 4.40. The largest absolute Gasteiger partial charge is 0.344 e. The van der Waals surface area contributed by atoms with Crippen molar-refractivity contribution in [2.45, 2.75) is 18.1 Å². The second-order valence-electron chi connectivity index (χ2n) is 5.61. The van der Waals surface area contributed by atoms with E-state index in [1.54, 1.807) is 6.07 Å². The van der Waals surface area contributed by atoms with Gasteiger partial charge in [-0.15, -0.1) is 0 Å². The van der Waals surface area contributed by atoms with Gasteiger partial charge >= 0.3 is 0 Å². The molecule has 0 unspecified atom stereocenters. The van der Waals surface area contributed by atoms with Gasteiger partial charge in [0.1, 0.15) is 0 Å². The number of hydrogen-bond donors (Lipinski definition) is 2. The number of nitrogens with zero attached hydrogens (tertiary/aromatic N) is 1. The molecule has 0 saturated heterocycles. The Morgan fingerprint density at radius 3 is 2.96 bits per heavy atom. The van der Waals surface area contributed by atoms with Gasteiger partial charge in [-0.1, -0.05) is 35.9 Å². The van der Waals surface area contributed by atoms with E-state index in [0.29, 0.717) is 15.1 Å². The van der Waals surface area contributed by atoms with Crippen molar-refractivity contribution in [3.05, 3.63) is 58.0 Å². The Bertz CT molecular complexity index is 896. The Morgan fingerprint density at radius 2 is 2.09 bits per heavy atom. The molecule has 1 aromatic carbocycles. The van der Waals surface area contributed by atoms with Crippen LogP contribution in [0, 0.1) is 5.92 Å². The number of benzene rings is 1. The molecule has 1 aliphatic carbocycles. The number of fused-ring (bicyclic) bond motifs is 2. The number of amides is 1. The van der Waals surface area contributed by atoms with E-state index >= 15 is 0 Å². The van der Waals surface area contributed by atoms with Crippen molar-refractivity contribution < 1.29 is 4.79 Å². The average molecular weight is 344 g/mol. The topological polar surface area (TPSA) is 57.8 Å². The summed E-state index contributed by atoms with van der Waals surface area (Å²) in [6.45, 7) is 2.02. The maximum Gasteiger partial charge on any atom is 0.258 e. The maximum absolute atomic E-state index is 12.4. The standard InChI is InChI=1S/C17H14ClN3OS/c1-9-11-4-2-3-5-12(11)19-16(22)15(9)23-17-20-13-7-6-10(18)8-14(13)21-17/h2-8,11-12H,1H3,(H,19,22)(H,20,21)/t11-,12-/m1/s1. The summed E-state index contributed by atoms with van der Waals surface area (Å²) in [6.07, 6.45) is 8.14. The van der Waals surface area contributed by atoms with E-state index in [0.717, 1.165) is 16.6 Å². The summed E-state index contributed by atoms with van der Waals surface area (Å²) in [7, 11) is 0. The highest BCUT2D eigenvalue weighted by atomic mass is 35.5. The van der Waals surface area contributed by atoms with Gasteiger partial charge in [0.05, 0.1) is 22.0 Å². The minimum atomic E-state index is -0.0489. The molecule has 1 amide bonds. The zero-order chi connectivity index (χ0) is 16.0. The SMILES string of the molecule is CC1=C(Sc2nc3ccc(Cl)cc3[nH]2)C(=O)N[C@@H]2C=CC=C[C@H]12. The lowest BCUT2D eigenvalue weighted by Crippen LogP contribution is -2.44. The molecule has 4 rings (SSSR count). The van der Waals surface area contributed by atoms with Crippen molar-refractivity contribution in [2.24, 2.45) is 5.92 Å². The molecule has 0 saturated carbocycles. The molecule has 2 N–H and O–H groups in total. The smallest absolute Gasteiger partial charge is 0.258 e. The van der Waals surface area contributed by atoms with Crippen molar-refractivity contribution in [2.75, 3.05) is 0 Å². The van der Waals surface area contributed by atoms with Crippen LogP contribution < -0.4 is 5.32 Å². The third kappa shape index (κ3) is 2.60. The lowest BCUT2D eigenvalue weighted by Gasteiger charge is -2.32. The highest BCUT2D eigenvalue weighted by Crippen LogP contribution is 2.36. The van der Waals surface area contributed by atoms with Crippen LogP contribution in [-0.4, -0.2) is 21.9 Å². The first-order chi connectivity index (χ1) is 11.1. The molecule has 0 fully saturated rings. The molecule has 0 radical (unpaired) electrons. The van der Waals surface area contributed by atoms with Crippen molar-refractivity contribution in [1.82, 2.24) is 15.3 Å². The Hall–Kier alpha value is -1.98. The van der Waals surface area contributed by atoms with E-state index < -0.39 is 0 Å². The van der Waals surface area contributed by atoms with Gasteiger partial charge in [-0.3, -0.25) is 4.79 Å². The lowest BCUT2D eigenvalue weighted by atomic mass is 9.86. The quantitative estimate of drug-likeness (QED) is 0.871. The number of carbonyl (C=O) groups is 1. The van der Waals surface area contributed by atoms with E-state index in [9.17, 15) is 4.79 Å². The van der Waals surface area contributed by atoms with Crippen LogP contribution in [0.3, 0.4) is 0 Å². The van der Waals surface area contributed by atoms with E-state index in [1.165, 1.54) is 11.8 Å². The second kappa shape index (κ2) is 5.58. The molecule has 0 spiro atoms. The first-order valence-electron chi connectivity index (χ1n) is 7.31. The van der Waals surface area contributed by atoms with Crippen LogP contribution in [0.4, 0.5) is 0 Å². The van der Waals surface area contributed by atoms with Gasteiger partial charge in [-0.05, 0) is 42.5 Å². The molecule has 23 heavy (non-hydrogen) atoms. The summed E-state index contributed by atoms with van der Waals surface area (Å²) in [5.41, 5.74) is 2.78. The van der Waals surface area contributed by atoms with Crippen LogP contribution in [0.25, 0.3) is 11.0 Å². The molecule has 2 atom stereocenters. The predicted molar refractivity (Wildman–Crippen MR) is 93.4 cm³/mol. The number of allylic oxidation sites excluding steroid dienone is 2. The fourth-order valence-corrected chi connectivity index (χ4v) is 4.06. The molecular formula is C17H14ClN3OS. The number of rotatable bonds is 2. The fourth-order valence-electron chi connectivity index (χ4n) is 2.94. The molecular weight excluding hydrogens is 330 g/mol. The van der Waals surface area contributed by atoms with Gasteiger partial charge in [0.15, 0.2) is 5.16 Å². The van der Waals surface area contributed by atoms with Crippen molar-refractivity contribution in [1.29, 1.82) is 0 Å². The van der Waals surface area contributed by atoms with Crippen LogP contribution in [0.2, 0.25) is 5.02 Å². The molecule has 2 aromatic rings. The average Bonchev–Trinajstić information content (AvgIpc) is 2.93. The fraction of sp³-hybridized carbons (Fsp3) is 0.176. The third-order valence-corrected chi connectivity index (χ3v) is 5.45. The molecule has 0 bridgehead atoms. The highest BCUT2D eigenvalue weighted by Gasteiger charge is 2.32. The molecule has 116 valence electrons. The number of carbonyl (C=O) groups excluding carboxylic acids is 1. The summed E-state index contributed by atoms with van der Waals surface area (Å²) < 4.78 is 0. The van der Waals surface area contributed by atoms with Crippen LogP contribution in [0.1, 0.15) is 6.92 Å². The van der Waals surface area contributed by atoms with Gasteiger partial charge in [-0.2, -0.15) is 0 Å². The molecule has 1 aromatic heterocycles. The zero-order valence-corrected chi connectivity index (χ0v) is 13.9. The molecule has 2 aliphatic rings. The number of thioether (sulfide) groups is 1. The van der Waals surface area contributed by atoms with Crippen LogP contribution in [-0.2, 0) is 4.79 Å². The molecule has 6 heteroatoms. The Morgan fingerprint density at radius 1 is 1.26 bits per heavy atom. The number of aromatic nitrogens is 2. The lowest BCUT2D eigenvalue weighted by molar-refractivity contribution is -0.117. The number of H-pyrrole nitrogens is 1. The Balaban J connectivity index is 1.69. The summed E-state index contributed by atoms with van der Waals surface area (Å²) in [6, 6.07) is 5.55. The van der Waals surface area contributed by atoms with Crippen molar-refractivity contribution in [3.8, 4) is 0 Å². The van der Waals surface area contributed by atoms with Gasteiger partial charge < -0.3 is 10.3 Å². The molecule has 4 nitrogen and oxygen atoms in total. The van der Waals surface area contributed by atoms with Gasteiger partial charge in [0.2, 0.25) is 0 Å². The number of halogens is 1. The third-order valence-electron chi connectivity index (χ3n) is 4.12. The van der Waals surface area contributed by atoms with Gasteiger partial charge in [0, 0.05) is 10.9 Å². The predicted octanol–water partition coefficient (Wildman–Crippen LogP) is 3.82. The van der Waals surface area contributed by atoms with E-state index in [2.05, 4.69) is 21.4 Å². The highest BCUT2D eigenvalue weighted by molar-refractivity contribution is 8.03. The maximum atomic E-state index is 12.4. The van der Waals surface area contributed by atoms with Crippen LogP contribution in [0.15, 0.2) is 58.1 Å². The Kier molecular flexibility index (Phi) is 3.54.